The van der Waals surface area contributed by atoms with Gasteiger partial charge < -0.3 is 4.74 Å². The normalized spacial score (nSPS) is 12.5. The maximum absolute atomic E-state index is 12.7. The number of benzene rings is 1. The van der Waals surface area contributed by atoms with E-state index < -0.39 is 27.8 Å². The van der Waals surface area contributed by atoms with Crippen LogP contribution in [0.25, 0.3) is 0 Å². The Morgan fingerprint density at radius 3 is 2.35 bits per heavy atom. The number of hydrogen-bond donors (Lipinski definition) is 0. The summed E-state index contributed by atoms with van der Waals surface area (Å²) in [5, 5.41) is 0. The van der Waals surface area contributed by atoms with Crippen LogP contribution in [0, 0.1) is 11.6 Å². The Hall–Kier alpha value is -1.31. The van der Waals surface area contributed by atoms with E-state index in [-0.39, 0.29) is 5.56 Å². The Kier molecular flexibility index (Phi) is 3.65. The average molecular weight is 271 g/mol. The standard InChI is InChI=1S/C9H7F4O3S/c1-17(14,15)5-6-2-3-7(10)4-8(6)16-9(11,12)13/h2-5H,1H3. The van der Waals surface area contributed by atoms with Crippen molar-refractivity contribution >= 4 is 9.84 Å². The van der Waals surface area contributed by atoms with Gasteiger partial charge in [-0.15, -0.1) is 13.2 Å². The summed E-state index contributed by atoms with van der Waals surface area (Å²) < 4.78 is 74.0. The number of ether oxygens (including phenoxy) is 1. The van der Waals surface area contributed by atoms with Gasteiger partial charge in [0.1, 0.15) is 17.3 Å². The summed E-state index contributed by atoms with van der Waals surface area (Å²) in [6.45, 7) is 0. The summed E-state index contributed by atoms with van der Waals surface area (Å²) >= 11 is 0. The SMILES string of the molecule is CS(=O)(=O)[CH]c1ccc(F)cc1OC(F)(F)F. The number of rotatable bonds is 3. The highest BCUT2D eigenvalue weighted by molar-refractivity contribution is 7.92. The summed E-state index contributed by atoms with van der Waals surface area (Å²) in [4.78, 5) is 0. The molecule has 0 amide bonds. The van der Waals surface area contributed by atoms with Crippen molar-refractivity contribution in [2.75, 3.05) is 6.26 Å². The molecule has 8 heteroatoms. The molecule has 1 rings (SSSR count). The van der Waals surface area contributed by atoms with Crippen LogP contribution in [0.15, 0.2) is 18.2 Å². The number of halogens is 4. The fraction of sp³-hybridized carbons (Fsp3) is 0.222. The fourth-order valence-corrected chi connectivity index (χ4v) is 1.71. The molecule has 3 nitrogen and oxygen atoms in total. The smallest absolute Gasteiger partial charge is 0.405 e. The molecule has 0 aromatic heterocycles. The van der Waals surface area contributed by atoms with Crippen molar-refractivity contribution in [1.29, 1.82) is 0 Å². The highest BCUT2D eigenvalue weighted by atomic mass is 32.2. The minimum Gasteiger partial charge on any atom is -0.405 e. The lowest BCUT2D eigenvalue weighted by molar-refractivity contribution is -0.274. The van der Waals surface area contributed by atoms with Crippen LogP contribution in [0.1, 0.15) is 5.56 Å². The molecule has 0 saturated carbocycles. The zero-order valence-corrected chi connectivity index (χ0v) is 9.27. The maximum atomic E-state index is 12.7. The molecular weight excluding hydrogens is 264 g/mol. The Morgan fingerprint density at radius 2 is 1.88 bits per heavy atom. The topological polar surface area (TPSA) is 43.4 Å². The lowest BCUT2D eigenvalue weighted by Gasteiger charge is -2.12. The van der Waals surface area contributed by atoms with Crippen LogP contribution >= 0.6 is 0 Å². The molecule has 0 aliphatic heterocycles. The number of hydrogen-bond acceptors (Lipinski definition) is 3. The molecule has 0 heterocycles. The Bertz CT molecular complexity index is 507. The first-order valence-electron chi connectivity index (χ1n) is 4.17. The van der Waals surface area contributed by atoms with Crippen LogP contribution in [0.2, 0.25) is 0 Å². The molecular formula is C9H7F4O3S. The first kappa shape index (κ1) is 13.8. The molecule has 0 spiro atoms. The van der Waals surface area contributed by atoms with E-state index in [4.69, 9.17) is 0 Å². The zero-order chi connectivity index (χ0) is 13.3. The second kappa shape index (κ2) is 4.52. The van der Waals surface area contributed by atoms with Crippen LogP contribution in [-0.2, 0) is 9.84 Å². The predicted molar refractivity (Wildman–Crippen MR) is 51.3 cm³/mol. The Balaban J connectivity index is 3.13. The minimum atomic E-state index is -5.02. The lowest BCUT2D eigenvalue weighted by Crippen LogP contribution is -2.18. The van der Waals surface area contributed by atoms with Crippen LogP contribution in [0.5, 0.6) is 5.75 Å². The molecule has 1 aromatic carbocycles. The van der Waals surface area contributed by atoms with Crippen molar-refractivity contribution < 1.29 is 30.7 Å². The largest absolute Gasteiger partial charge is 0.573 e. The van der Waals surface area contributed by atoms with E-state index in [9.17, 15) is 26.0 Å². The molecule has 1 aromatic rings. The summed E-state index contributed by atoms with van der Waals surface area (Å²) in [7, 11) is -3.66. The van der Waals surface area contributed by atoms with Gasteiger partial charge in [-0.1, -0.05) is 6.07 Å². The van der Waals surface area contributed by atoms with E-state index in [1.807, 2.05) is 0 Å². The first-order chi connectivity index (χ1) is 7.57. The molecule has 17 heavy (non-hydrogen) atoms. The van der Waals surface area contributed by atoms with Gasteiger partial charge >= 0.3 is 6.36 Å². The average Bonchev–Trinajstić information content (AvgIpc) is 2.05. The third kappa shape index (κ3) is 5.03. The molecule has 0 fully saturated rings. The number of sulfone groups is 1. The molecule has 0 bridgehead atoms. The van der Waals surface area contributed by atoms with Gasteiger partial charge in [0, 0.05) is 17.9 Å². The summed E-state index contributed by atoms with van der Waals surface area (Å²) in [6, 6.07) is 2.18. The summed E-state index contributed by atoms with van der Waals surface area (Å²) in [5.41, 5.74) is -0.369. The van der Waals surface area contributed by atoms with E-state index >= 15 is 0 Å². The van der Waals surface area contributed by atoms with Crippen LogP contribution < -0.4 is 4.74 Å². The molecule has 0 aliphatic carbocycles. The van der Waals surface area contributed by atoms with Crippen LogP contribution in [-0.4, -0.2) is 21.0 Å². The van der Waals surface area contributed by atoms with Gasteiger partial charge in [-0.05, 0) is 6.07 Å². The van der Waals surface area contributed by atoms with Gasteiger partial charge in [-0.2, -0.15) is 0 Å². The summed E-state index contributed by atoms with van der Waals surface area (Å²) in [5.74, 6) is -1.30. The molecule has 0 N–H and O–H groups in total. The predicted octanol–water partition coefficient (Wildman–Crippen LogP) is 2.28. The van der Waals surface area contributed by atoms with E-state index in [0.717, 1.165) is 18.4 Å². The molecule has 95 valence electrons. The lowest BCUT2D eigenvalue weighted by atomic mass is 10.2. The summed E-state index contributed by atoms with van der Waals surface area (Å²) in [6.07, 6.45) is -4.22. The third-order valence-electron chi connectivity index (χ3n) is 1.54. The Labute approximate surface area is 94.9 Å². The second-order valence-electron chi connectivity index (χ2n) is 3.18. The van der Waals surface area contributed by atoms with Crippen molar-refractivity contribution in [3.63, 3.8) is 0 Å². The van der Waals surface area contributed by atoms with E-state index in [1.54, 1.807) is 0 Å². The molecule has 0 saturated heterocycles. The van der Waals surface area contributed by atoms with Gasteiger partial charge in [-0.25, -0.2) is 12.8 Å². The van der Waals surface area contributed by atoms with Gasteiger partial charge in [0.15, 0.2) is 9.84 Å². The van der Waals surface area contributed by atoms with Crippen molar-refractivity contribution in [2.24, 2.45) is 0 Å². The van der Waals surface area contributed by atoms with Crippen molar-refractivity contribution in [3.8, 4) is 5.75 Å². The van der Waals surface area contributed by atoms with E-state index in [1.165, 1.54) is 0 Å². The maximum Gasteiger partial charge on any atom is 0.573 e. The van der Waals surface area contributed by atoms with Gasteiger partial charge in [0.25, 0.3) is 0 Å². The molecule has 0 atom stereocenters. The minimum absolute atomic E-state index is 0.369. The fourth-order valence-electron chi connectivity index (χ4n) is 1.05. The zero-order valence-electron chi connectivity index (χ0n) is 8.45. The van der Waals surface area contributed by atoms with Gasteiger partial charge in [-0.3, -0.25) is 0 Å². The highest BCUT2D eigenvalue weighted by Gasteiger charge is 2.32. The van der Waals surface area contributed by atoms with Crippen LogP contribution in [0.4, 0.5) is 17.6 Å². The molecule has 0 unspecified atom stereocenters. The van der Waals surface area contributed by atoms with Crippen LogP contribution in [0.3, 0.4) is 0 Å². The number of alkyl halides is 3. The Morgan fingerprint density at radius 1 is 1.29 bits per heavy atom. The van der Waals surface area contributed by atoms with Crippen molar-refractivity contribution in [1.82, 2.24) is 0 Å². The molecule has 0 aliphatic rings. The van der Waals surface area contributed by atoms with Gasteiger partial charge in [0.05, 0.1) is 0 Å². The van der Waals surface area contributed by atoms with E-state index in [0.29, 0.717) is 11.8 Å². The second-order valence-corrected chi connectivity index (χ2v) is 5.07. The first-order valence-corrected chi connectivity index (χ1v) is 6.12. The van der Waals surface area contributed by atoms with Crippen molar-refractivity contribution in [2.45, 2.75) is 6.36 Å². The highest BCUT2D eigenvalue weighted by Crippen LogP contribution is 2.29. The molecule has 1 radical (unpaired) electrons. The van der Waals surface area contributed by atoms with E-state index in [2.05, 4.69) is 4.74 Å². The monoisotopic (exact) mass is 271 g/mol. The third-order valence-corrected chi connectivity index (χ3v) is 2.22. The van der Waals surface area contributed by atoms with Gasteiger partial charge in [0.2, 0.25) is 0 Å². The quantitative estimate of drug-likeness (QED) is 0.792. The van der Waals surface area contributed by atoms with Crippen molar-refractivity contribution in [3.05, 3.63) is 35.3 Å².